The number of hydrogen-bond donors (Lipinski definition) is 2. The molecule has 4 rings (SSSR count). The lowest BCUT2D eigenvalue weighted by Crippen LogP contribution is -2.42. The molecule has 6 nitrogen and oxygen atoms in total. The Morgan fingerprint density at radius 3 is 3.00 bits per heavy atom. The topological polar surface area (TPSA) is 78.1 Å². The highest BCUT2D eigenvalue weighted by Crippen LogP contribution is 2.26. The second-order valence-electron chi connectivity index (χ2n) is 6.09. The number of imidazole rings is 1. The molecular weight excluding hydrogens is 316 g/mol. The minimum absolute atomic E-state index is 0.0197. The summed E-state index contributed by atoms with van der Waals surface area (Å²) in [6.07, 6.45) is 3.51. The maximum atomic E-state index is 12.6. The number of anilines is 1. The van der Waals surface area contributed by atoms with E-state index in [-0.39, 0.29) is 18.4 Å². The first-order chi connectivity index (χ1) is 12.2. The first-order valence-corrected chi connectivity index (χ1v) is 8.32. The number of aryl methyl sites for hydroxylation is 1. The van der Waals surface area contributed by atoms with E-state index in [9.17, 15) is 9.59 Å². The van der Waals surface area contributed by atoms with Crippen molar-refractivity contribution in [3.8, 4) is 0 Å². The minimum Gasteiger partial charge on any atom is -0.345 e. The van der Waals surface area contributed by atoms with Crippen molar-refractivity contribution in [1.29, 1.82) is 0 Å². The Hall–Kier alpha value is -3.15. The molecule has 1 aliphatic rings. The zero-order valence-corrected chi connectivity index (χ0v) is 13.7. The van der Waals surface area contributed by atoms with E-state index in [1.807, 2.05) is 24.3 Å². The number of nitrogens with zero attached hydrogens (tertiary/aromatic N) is 2. The molecule has 1 aromatic heterocycles. The molecule has 0 unspecified atom stereocenters. The van der Waals surface area contributed by atoms with Crippen molar-refractivity contribution in [1.82, 2.24) is 15.3 Å². The minimum atomic E-state index is -0.268. The molecule has 0 saturated carbocycles. The SMILES string of the molecule is O=C(NCC(=O)N1CCCc2ccccc21)c1ccc2nc[nH]c2c1. The van der Waals surface area contributed by atoms with E-state index in [1.165, 1.54) is 5.56 Å². The van der Waals surface area contributed by atoms with Crippen molar-refractivity contribution in [3.63, 3.8) is 0 Å². The number of para-hydroxylation sites is 1. The van der Waals surface area contributed by atoms with Crippen LogP contribution < -0.4 is 10.2 Å². The van der Waals surface area contributed by atoms with Gasteiger partial charge in [-0.1, -0.05) is 18.2 Å². The van der Waals surface area contributed by atoms with Crippen LogP contribution >= 0.6 is 0 Å². The molecule has 126 valence electrons. The molecule has 3 aromatic rings. The van der Waals surface area contributed by atoms with E-state index in [1.54, 1.807) is 29.4 Å². The third kappa shape index (κ3) is 2.98. The third-order valence-electron chi connectivity index (χ3n) is 4.49. The predicted molar refractivity (Wildman–Crippen MR) is 95.5 cm³/mol. The zero-order valence-electron chi connectivity index (χ0n) is 13.7. The van der Waals surface area contributed by atoms with Gasteiger partial charge >= 0.3 is 0 Å². The summed E-state index contributed by atoms with van der Waals surface area (Å²) in [5, 5.41) is 2.72. The van der Waals surface area contributed by atoms with Gasteiger partial charge in [0, 0.05) is 17.8 Å². The highest BCUT2D eigenvalue weighted by atomic mass is 16.2. The lowest BCUT2D eigenvalue weighted by molar-refractivity contribution is -0.117. The normalized spacial score (nSPS) is 13.5. The van der Waals surface area contributed by atoms with Gasteiger partial charge in [0.1, 0.15) is 0 Å². The molecule has 0 atom stereocenters. The maximum absolute atomic E-state index is 12.6. The van der Waals surface area contributed by atoms with Crippen molar-refractivity contribution in [2.75, 3.05) is 18.0 Å². The monoisotopic (exact) mass is 334 g/mol. The molecule has 0 fully saturated rings. The van der Waals surface area contributed by atoms with Crippen LogP contribution in [0.25, 0.3) is 11.0 Å². The molecule has 1 aliphatic heterocycles. The predicted octanol–water partition coefficient (Wildman–Crippen LogP) is 2.27. The van der Waals surface area contributed by atoms with Crippen LogP contribution in [0.1, 0.15) is 22.3 Å². The molecule has 0 saturated heterocycles. The van der Waals surface area contributed by atoms with Crippen LogP contribution in [-0.2, 0) is 11.2 Å². The summed E-state index contributed by atoms with van der Waals surface area (Å²) in [6.45, 7) is 0.667. The second-order valence-corrected chi connectivity index (χ2v) is 6.09. The van der Waals surface area contributed by atoms with Crippen LogP contribution in [-0.4, -0.2) is 34.9 Å². The zero-order chi connectivity index (χ0) is 17.2. The molecular formula is C19H18N4O2. The number of hydrogen-bond acceptors (Lipinski definition) is 3. The van der Waals surface area contributed by atoms with Gasteiger partial charge in [0.15, 0.2) is 0 Å². The molecule has 2 heterocycles. The van der Waals surface area contributed by atoms with E-state index in [0.717, 1.165) is 29.6 Å². The summed E-state index contributed by atoms with van der Waals surface area (Å²) >= 11 is 0. The van der Waals surface area contributed by atoms with Gasteiger partial charge in [-0.2, -0.15) is 0 Å². The van der Waals surface area contributed by atoms with E-state index in [0.29, 0.717) is 12.1 Å². The largest absolute Gasteiger partial charge is 0.345 e. The Balaban J connectivity index is 1.44. The molecule has 2 amide bonds. The smallest absolute Gasteiger partial charge is 0.251 e. The van der Waals surface area contributed by atoms with Crippen LogP contribution in [0.4, 0.5) is 5.69 Å². The fraction of sp³-hybridized carbons (Fsp3) is 0.211. The van der Waals surface area contributed by atoms with Crippen molar-refractivity contribution in [3.05, 3.63) is 59.9 Å². The Labute approximate surface area is 144 Å². The van der Waals surface area contributed by atoms with Crippen LogP contribution in [0.15, 0.2) is 48.8 Å². The van der Waals surface area contributed by atoms with Crippen molar-refractivity contribution in [2.24, 2.45) is 0 Å². The highest BCUT2D eigenvalue weighted by molar-refractivity contribution is 6.02. The Kier molecular flexibility index (Phi) is 3.93. The second kappa shape index (κ2) is 6.39. The number of carbonyl (C=O) groups is 2. The average Bonchev–Trinajstić information content (AvgIpc) is 3.13. The highest BCUT2D eigenvalue weighted by Gasteiger charge is 2.22. The fourth-order valence-electron chi connectivity index (χ4n) is 3.22. The van der Waals surface area contributed by atoms with Gasteiger partial charge in [-0.3, -0.25) is 9.59 Å². The molecule has 0 aliphatic carbocycles. The van der Waals surface area contributed by atoms with Crippen LogP contribution in [0, 0.1) is 0 Å². The van der Waals surface area contributed by atoms with Gasteiger partial charge in [0.2, 0.25) is 5.91 Å². The van der Waals surface area contributed by atoms with E-state index >= 15 is 0 Å². The molecule has 25 heavy (non-hydrogen) atoms. The summed E-state index contributed by atoms with van der Waals surface area (Å²) in [7, 11) is 0. The molecule has 2 aromatic carbocycles. The summed E-state index contributed by atoms with van der Waals surface area (Å²) < 4.78 is 0. The average molecular weight is 334 g/mol. The standard InChI is InChI=1S/C19H18N4O2/c24-18(23-9-3-5-13-4-1-2-6-17(13)23)11-20-19(25)14-7-8-15-16(10-14)22-12-21-15/h1-2,4,6-8,10,12H,3,5,9,11H2,(H,20,25)(H,21,22). The van der Waals surface area contributed by atoms with Gasteiger partial charge in [0.05, 0.1) is 23.9 Å². The summed E-state index contributed by atoms with van der Waals surface area (Å²) in [6, 6.07) is 13.1. The van der Waals surface area contributed by atoms with Gasteiger partial charge in [0.25, 0.3) is 5.91 Å². The van der Waals surface area contributed by atoms with E-state index < -0.39 is 0 Å². The number of benzene rings is 2. The van der Waals surface area contributed by atoms with Crippen molar-refractivity contribution < 1.29 is 9.59 Å². The number of carbonyl (C=O) groups excluding carboxylic acids is 2. The number of aromatic amines is 1. The lowest BCUT2D eigenvalue weighted by atomic mass is 10.0. The number of aromatic nitrogens is 2. The van der Waals surface area contributed by atoms with Gasteiger partial charge < -0.3 is 15.2 Å². The number of nitrogens with one attached hydrogen (secondary N) is 2. The van der Waals surface area contributed by atoms with E-state index in [4.69, 9.17) is 0 Å². The fourth-order valence-corrected chi connectivity index (χ4v) is 3.22. The van der Waals surface area contributed by atoms with Gasteiger partial charge in [-0.25, -0.2) is 4.98 Å². The summed E-state index contributed by atoms with van der Waals surface area (Å²) in [5.41, 5.74) is 4.23. The van der Waals surface area contributed by atoms with Gasteiger partial charge in [-0.05, 0) is 42.7 Å². The van der Waals surface area contributed by atoms with Crippen LogP contribution in [0.5, 0.6) is 0 Å². The molecule has 2 N–H and O–H groups in total. The van der Waals surface area contributed by atoms with Crippen LogP contribution in [0.3, 0.4) is 0 Å². The van der Waals surface area contributed by atoms with E-state index in [2.05, 4.69) is 15.3 Å². The number of fused-ring (bicyclic) bond motifs is 2. The van der Waals surface area contributed by atoms with Crippen molar-refractivity contribution in [2.45, 2.75) is 12.8 Å². The summed E-state index contributed by atoms with van der Waals surface area (Å²) in [5.74, 6) is -0.363. The lowest BCUT2D eigenvalue weighted by Gasteiger charge is -2.29. The number of rotatable bonds is 3. The Morgan fingerprint density at radius 2 is 2.08 bits per heavy atom. The molecule has 6 heteroatoms. The van der Waals surface area contributed by atoms with Crippen molar-refractivity contribution >= 4 is 28.5 Å². The quantitative estimate of drug-likeness (QED) is 0.771. The number of H-pyrrole nitrogens is 1. The van der Waals surface area contributed by atoms with Gasteiger partial charge in [-0.15, -0.1) is 0 Å². The number of amides is 2. The molecule has 0 spiro atoms. The van der Waals surface area contributed by atoms with Crippen LogP contribution in [0.2, 0.25) is 0 Å². The first kappa shape index (κ1) is 15.4. The summed E-state index contributed by atoms with van der Waals surface area (Å²) in [4.78, 5) is 33.8. The molecule has 0 radical (unpaired) electrons. The Bertz CT molecular complexity index is 947. The maximum Gasteiger partial charge on any atom is 0.251 e. The first-order valence-electron chi connectivity index (χ1n) is 8.32. The Morgan fingerprint density at radius 1 is 1.20 bits per heavy atom. The molecule has 0 bridgehead atoms. The third-order valence-corrected chi connectivity index (χ3v) is 4.49.